The molecule has 0 radical (unpaired) electrons. The van der Waals surface area contributed by atoms with E-state index in [0.717, 1.165) is 5.56 Å². The third-order valence-corrected chi connectivity index (χ3v) is 4.51. The van der Waals surface area contributed by atoms with Gasteiger partial charge in [-0.15, -0.1) is 0 Å². The molecule has 1 heterocycles. The van der Waals surface area contributed by atoms with Gasteiger partial charge in [-0.2, -0.15) is 0 Å². The number of furan rings is 1. The number of methoxy groups -OCH3 is 2. The van der Waals surface area contributed by atoms with Crippen LogP contribution in [-0.2, 0) is 17.8 Å². The van der Waals surface area contributed by atoms with Crippen LogP contribution in [0.3, 0.4) is 0 Å². The number of amides is 2. The molecule has 2 amide bonds. The van der Waals surface area contributed by atoms with E-state index >= 15 is 0 Å². The molecule has 33 heavy (non-hydrogen) atoms. The predicted molar refractivity (Wildman–Crippen MR) is 124 cm³/mol. The molecule has 0 fully saturated rings. The molecular weight excluding hydrogens is 426 g/mol. The highest BCUT2D eigenvalue weighted by molar-refractivity contribution is 5.93. The first-order chi connectivity index (χ1) is 15.9. The van der Waals surface area contributed by atoms with Crippen LogP contribution in [0.5, 0.6) is 17.4 Å². The van der Waals surface area contributed by atoms with Gasteiger partial charge in [0.2, 0.25) is 5.91 Å². The monoisotopic (exact) mass is 453 g/mol. The van der Waals surface area contributed by atoms with E-state index in [9.17, 15) is 9.59 Å². The molecule has 3 aromatic rings. The third kappa shape index (κ3) is 7.01. The van der Waals surface area contributed by atoms with Crippen molar-refractivity contribution in [1.82, 2.24) is 4.90 Å². The van der Waals surface area contributed by atoms with Crippen molar-refractivity contribution in [2.24, 2.45) is 0 Å². The number of ether oxygens (including phenoxy) is 3. The van der Waals surface area contributed by atoms with Gasteiger partial charge in [-0.1, -0.05) is 12.1 Å². The fourth-order valence-corrected chi connectivity index (χ4v) is 3.11. The van der Waals surface area contributed by atoms with Gasteiger partial charge in [0, 0.05) is 23.5 Å². The summed E-state index contributed by atoms with van der Waals surface area (Å²) in [7, 11) is 6.90. The molecule has 0 spiro atoms. The minimum atomic E-state index is -0.687. The fourth-order valence-electron chi connectivity index (χ4n) is 3.11. The SMILES string of the molecule is COc1ccc(NC(=O)Cc2cccc(NC(=O)Oc3ccc(CN(C)C)o3)c2)cc1OC. The van der Waals surface area contributed by atoms with Crippen molar-refractivity contribution in [2.75, 3.05) is 38.9 Å². The summed E-state index contributed by atoms with van der Waals surface area (Å²) in [5, 5.41) is 5.46. The van der Waals surface area contributed by atoms with Crippen molar-refractivity contribution in [3.63, 3.8) is 0 Å². The van der Waals surface area contributed by atoms with Crippen molar-refractivity contribution in [3.05, 3.63) is 65.9 Å². The molecule has 0 bridgehead atoms. The number of benzene rings is 2. The Bertz CT molecular complexity index is 1110. The van der Waals surface area contributed by atoms with Crippen LogP contribution in [0, 0.1) is 0 Å². The number of carbonyl (C=O) groups is 2. The van der Waals surface area contributed by atoms with Crippen molar-refractivity contribution in [2.45, 2.75) is 13.0 Å². The van der Waals surface area contributed by atoms with Gasteiger partial charge in [0.1, 0.15) is 5.76 Å². The maximum atomic E-state index is 12.5. The normalized spacial score (nSPS) is 10.6. The highest BCUT2D eigenvalue weighted by atomic mass is 16.6. The van der Waals surface area contributed by atoms with Crippen LogP contribution in [0.1, 0.15) is 11.3 Å². The molecular formula is C24H27N3O6. The van der Waals surface area contributed by atoms with E-state index in [1.807, 2.05) is 19.0 Å². The molecule has 0 saturated heterocycles. The number of hydrogen-bond donors (Lipinski definition) is 2. The van der Waals surface area contributed by atoms with E-state index in [1.165, 1.54) is 7.11 Å². The van der Waals surface area contributed by atoms with Crippen LogP contribution < -0.4 is 24.8 Å². The average Bonchev–Trinajstić information content (AvgIpc) is 3.19. The molecule has 9 nitrogen and oxygen atoms in total. The van der Waals surface area contributed by atoms with Gasteiger partial charge in [0.25, 0.3) is 5.95 Å². The van der Waals surface area contributed by atoms with E-state index in [0.29, 0.717) is 35.2 Å². The second-order valence-electron chi connectivity index (χ2n) is 7.47. The van der Waals surface area contributed by atoms with Crippen LogP contribution in [0.4, 0.5) is 16.2 Å². The summed E-state index contributed by atoms with van der Waals surface area (Å²) in [6.07, 6.45) is -0.571. The zero-order chi connectivity index (χ0) is 23.8. The lowest BCUT2D eigenvalue weighted by Crippen LogP contribution is -2.17. The Hall–Kier alpha value is -3.98. The van der Waals surface area contributed by atoms with Crippen molar-refractivity contribution in [1.29, 1.82) is 0 Å². The number of anilines is 2. The van der Waals surface area contributed by atoms with E-state index in [2.05, 4.69) is 10.6 Å². The average molecular weight is 453 g/mol. The Balaban J connectivity index is 1.56. The Morgan fingerprint density at radius 2 is 1.67 bits per heavy atom. The van der Waals surface area contributed by atoms with E-state index in [4.69, 9.17) is 18.6 Å². The van der Waals surface area contributed by atoms with Crippen LogP contribution in [-0.4, -0.2) is 45.2 Å². The smallest absolute Gasteiger partial charge is 0.419 e. The summed E-state index contributed by atoms with van der Waals surface area (Å²) >= 11 is 0. The lowest BCUT2D eigenvalue weighted by Gasteiger charge is -2.11. The number of nitrogens with zero attached hydrogens (tertiary/aromatic N) is 1. The molecule has 3 rings (SSSR count). The molecule has 2 aromatic carbocycles. The minimum Gasteiger partial charge on any atom is -0.493 e. The first kappa shape index (κ1) is 23.7. The van der Waals surface area contributed by atoms with Gasteiger partial charge < -0.3 is 28.8 Å². The molecule has 2 N–H and O–H groups in total. The van der Waals surface area contributed by atoms with Crippen LogP contribution in [0.2, 0.25) is 0 Å². The summed E-state index contributed by atoms with van der Waals surface area (Å²) in [4.78, 5) is 26.6. The highest BCUT2D eigenvalue weighted by Gasteiger charge is 2.12. The first-order valence-electron chi connectivity index (χ1n) is 10.2. The van der Waals surface area contributed by atoms with E-state index < -0.39 is 6.09 Å². The zero-order valence-electron chi connectivity index (χ0n) is 19.0. The molecule has 0 aliphatic heterocycles. The molecule has 0 saturated carbocycles. The van der Waals surface area contributed by atoms with Gasteiger partial charge in [-0.05, 0) is 50.0 Å². The number of hydrogen-bond acceptors (Lipinski definition) is 7. The zero-order valence-corrected chi connectivity index (χ0v) is 19.0. The van der Waals surface area contributed by atoms with Gasteiger partial charge >= 0.3 is 6.09 Å². The maximum absolute atomic E-state index is 12.5. The van der Waals surface area contributed by atoms with Gasteiger partial charge in [0.15, 0.2) is 11.5 Å². The summed E-state index contributed by atoms with van der Waals surface area (Å²) in [6, 6.07) is 15.4. The predicted octanol–water partition coefficient (Wildman–Crippen LogP) is 4.15. The molecule has 9 heteroatoms. The Morgan fingerprint density at radius 3 is 2.39 bits per heavy atom. The number of rotatable bonds is 9. The van der Waals surface area contributed by atoms with Crippen molar-refractivity contribution in [3.8, 4) is 17.4 Å². The molecule has 1 aromatic heterocycles. The van der Waals surface area contributed by atoms with Gasteiger partial charge in [-0.3, -0.25) is 10.1 Å². The second-order valence-corrected chi connectivity index (χ2v) is 7.47. The lowest BCUT2D eigenvalue weighted by molar-refractivity contribution is -0.115. The minimum absolute atomic E-state index is 0.106. The molecule has 174 valence electrons. The molecule has 0 aliphatic carbocycles. The molecule has 0 unspecified atom stereocenters. The Morgan fingerprint density at radius 1 is 0.909 bits per heavy atom. The largest absolute Gasteiger partial charge is 0.493 e. The Labute approximate surface area is 192 Å². The highest BCUT2D eigenvalue weighted by Crippen LogP contribution is 2.29. The maximum Gasteiger partial charge on any atom is 0.419 e. The number of nitrogens with one attached hydrogen (secondary N) is 2. The second kappa shape index (κ2) is 11.1. The van der Waals surface area contributed by atoms with Gasteiger partial charge in [0.05, 0.1) is 27.2 Å². The topological polar surface area (TPSA) is 102 Å². The summed E-state index contributed by atoms with van der Waals surface area (Å²) in [5.74, 6) is 1.67. The molecule has 0 aliphatic rings. The first-order valence-corrected chi connectivity index (χ1v) is 10.2. The standard InChI is InChI=1S/C24H27N3O6/c1-27(2)15-19-9-11-23(32-19)33-24(29)26-17-7-5-6-16(12-17)13-22(28)25-18-8-10-20(30-3)21(14-18)31-4/h5-12,14H,13,15H2,1-4H3,(H,25,28)(H,26,29). The van der Waals surface area contributed by atoms with Crippen LogP contribution >= 0.6 is 0 Å². The fraction of sp³-hybridized carbons (Fsp3) is 0.250. The van der Waals surface area contributed by atoms with E-state index in [1.54, 1.807) is 61.7 Å². The van der Waals surface area contributed by atoms with Crippen LogP contribution in [0.15, 0.2) is 59.0 Å². The van der Waals surface area contributed by atoms with Crippen LogP contribution in [0.25, 0.3) is 0 Å². The Kier molecular flexibility index (Phi) is 7.93. The van der Waals surface area contributed by atoms with Gasteiger partial charge in [-0.25, -0.2) is 4.79 Å². The van der Waals surface area contributed by atoms with Crippen molar-refractivity contribution < 1.29 is 28.2 Å². The third-order valence-electron chi connectivity index (χ3n) is 4.51. The number of carbonyl (C=O) groups excluding carboxylic acids is 2. The lowest BCUT2D eigenvalue weighted by atomic mass is 10.1. The summed E-state index contributed by atoms with van der Waals surface area (Å²) < 4.78 is 21.1. The van der Waals surface area contributed by atoms with Crippen molar-refractivity contribution >= 4 is 23.4 Å². The quantitative estimate of drug-likeness (QED) is 0.502. The molecule has 0 atom stereocenters. The summed E-state index contributed by atoms with van der Waals surface area (Å²) in [5.41, 5.74) is 1.80. The summed E-state index contributed by atoms with van der Waals surface area (Å²) in [6.45, 7) is 0.596. The van der Waals surface area contributed by atoms with E-state index in [-0.39, 0.29) is 18.3 Å².